The van der Waals surface area contributed by atoms with E-state index in [-0.39, 0.29) is 22.2 Å². The smallest absolute Gasteiger partial charge is 0.118 e. The van der Waals surface area contributed by atoms with Gasteiger partial charge in [-0.25, -0.2) is 0 Å². The SMILES string of the molecule is Cc1cc(C2(C3=CC(C)C(O)C=C3)CCC(C(C)(C)C3CCC(c4ccc(O)c(C)c4)(c4ccc(O)c(C)c4)CC3)CC2)ccc1O. The van der Waals surface area contributed by atoms with Crippen molar-refractivity contribution in [2.24, 2.45) is 23.2 Å². The fourth-order valence-corrected chi connectivity index (χ4v) is 9.52. The summed E-state index contributed by atoms with van der Waals surface area (Å²) in [4.78, 5) is 0. The Morgan fingerprint density at radius 3 is 1.38 bits per heavy atom. The van der Waals surface area contributed by atoms with Crippen LogP contribution in [0.1, 0.15) is 106 Å². The Morgan fingerprint density at radius 2 is 1.00 bits per heavy atom. The van der Waals surface area contributed by atoms with Crippen LogP contribution in [0.4, 0.5) is 0 Å². The number of allylic oxidation sites excluding steroid dienone is 2. The first kappa shape index (κ1) is 33.4. The van der Waals surface area contributed by atoms with Crippen LogP contribution in [0.5, 0.6) is 17.2 Å². The van der Waals surface area contributed by atoms with Gasteiger partial charge in [-0.05, 0) is 147 Å². The van der Waals surface area contributed by atoms with Crippen LogP contribution in [0.15, 0.2) is 78.4 Å². The van der Waals surface area contributed by atoms with Gasteiger partial charge < -0.3 is 20.4 Å². The molecule has 0 heterocycles. The predicted octanol–water partition coefficient (Wildman–Crippen LogP) is 9.85. The second-order valence-electron chi connectivity index (χ2n) is 15.9. The average Bonchev–Trinajstić information content (AvgIpc) is 3.06. The van der Waals surface area contributed by atoms with Crippen LogP contribution in [0.3, 0.4) is 0 Å². The Balaban J connectivity index is 1.25. The van der Waals surface area contributed by atoms with E-state index in [0.717, 1.165) is 68.1 Å². The number of rotatable bonds is 6. The van der Waals surface area contributed by atoms with Gasteiger partial charge in [0.2, 0.25) is 0 Å². The molecule has 0 saturated heterocycles. The van der Waals surface area contributed by atoms with Crippen molar-refractivity contribution in [1.29, 1.82) is 0 Å². The highest BCUT2D eigenvalue weighted by Crippen LogP contribution is 2.58. The number of aliphatic hydroxyl groups is 1. The van der Waals surface area contributed by atoms with Crippen molar-refractivity contribution in [2.45, 2.75) is 110 Å². The summed E-state index contributed by atoms with van der Waals surface area (Å²) in [6.07, 6.45) is 14.7. The molecule has 3 aliphatic rings. The third-order valence-corrected chi connectivity index (χ3v) is 13.0. The molecule has 0 radical (unpaired) electrons. The maximum absolute atomic E-state index is 10.5. The van der Waals surface area contributed by atoms with Gasteiger partial charge in [-0.2, -0.15) is 0 Å². The zero-order valence-corrected chi connectivity index (χ0v) is 29.2. The van der Waals surface area contributed by atoms with Crippen LogP contribution < -0.4 is 0 Å². The van der Waals surface area contributed by atoms with Gasteiger partial charge in [-0.1, -0.05) is 75.4 Å². The van der Waals surface area contributed by atoms with E-state index in [1.807, 2.05) is 45.0 Å². The second kappa shape index (κ2) is 12.5. The van der Waals surface area contributed by atoms with E-state index < -0.39 is 6.10 Å². The lowest BCUT2D eigenvalue weighted by molar-refractivity contribution is 0.0361. The lowest BCUT2D eigenvalue weighted by Gasteiger charge is -2.52. The fourth-order valence-electron chi connectivity index (χ4n) is 9.52. The van der Waals surface area contributed by atoms with Crippen molar-refractivity contribution < 1.29 is 20.4 Å². The molecule has 2 fully saturated rings. The molecule has 3 aliphatic carbocycles. The van der Waals surface area contributed by atoms with Crippen LogP contribution >= 0.6 is 0 Å². The third-order valence-electron chi connectivity index (χ3n) is 13.0. The number of aryl methyl sites for hydroxylation is 3. The largest absolute Gasteiger partial charge is 0.508 e. The maximum atomic E-state index is 10.5. The highest BCUT2D eigenvalue weighted by molar-refractivity contribution is 5.49. The lowest BCUT2D eigenvalue weighted by Crippen LogP contribution is -2.43. The molecule has 3 aromatic carbocycles. The normalized spacial score (nSPS) is 26.6. The van der Waals surface area contributed by atoms with Gasteiger partial charge in [-0.3, -0.25) is 0 Å². The Kier molecular flexibility index (Phi) is 8.89. The molecule has 0 bridgehead atoms. The summed E-state index contributed by atoms with van der Waals surface area (Å²) >= 11 is 0. The molecular formula is C43H54O4. The number of benzene rings is 3. The van der Waals surface area contributed by atoms with Gasteiger partial charge >= 0.3 is 0 Å². The highest BCUT2D eigenvalue weighted by atomic mass is 16.3. The molecule has 6 rings (SSSR count). The number of hydrogen-bond acceptors (Lipinski definition) is 4. The Hall–Kier alpha value is -3.50. The molecule has 47 heavy (non-hydrogen) atoms. The van der Waals surface area contributed by atoms with Crippen LogP contribution in [0, 0.1) is 43.9 Å². The van der Waals surface area contributed by atoms with Gasteiger partial charge in [0.1, 0.15) is 17.2 Å². The zero-order chi connectivity index (χ0) is 33.7. The number of phenols is 3. The minimum absolute atomic E-state index is 0.0801. The molecule has 2 atom stereocenters. The van der Waals surface area contributed by atoms with Crippen molar-refractivity contribution in [1.82, 2.24) is 0 Å². The first-order valence-corrected chi connectivity index (χ1v) is 17.8. The van der Waals surface area contributed by atoms with Crippen molar-refractivity contribution in [2.75, 3.05) is 0 Å². The van der Waals surface area contributed by atoms with E-state index >= 15 is 0 Å². The average molecular weight is 635 g/mol. The molecule has 4 N–H and O–H groups in total. The monoisotopic (exact) mass is 634 g/mol. The number of phenolic OH excluding ortho intramolecular Hbond substituents is 3. The number of aromatic hydroxyl groups is 3. The second-order valence-corrected chi connectivity index (χ2v) is 15.9. The standard InChI is InChI=1S/C43H54O4/c1-27-23-33(7-11-37(27)44)42(34-8-12-38(45)28(2)24-34)19-15-31(16-20-42)41(5,6)32-17-21-43(22-18-32,35-9-13-39(46)29(3)25-35)36-10-14-40(47)30(4)26-36/h7-14,23-27,31-32,37,44-47H,15-22H2,1-6H3. The lowest BCUT2D eigenvalue weighted by atomic mass is 9.52. The molecule has 2 unspecified atom stereocenters. The highest BCUT2D eigenvalue weighted by Gasteiger charge is 2.48. The molecule has 4 nitrogen and oxygen atoms in total. The Bertz CT molecular complexity index is 1620. The van der Waals surface area contributed by atoms with Gasteiger partial charge in [0, 0.05) is 16.7 Å². The van der Waals surface area contributed by atoms with Crippen molar-refractivity contribution >= 4 is 0 Å². The van der Waals surface area contributed by atoms with Crippen molar-refractivity contribution in [3.8, 4) is 17.2 Å². The summed E-state index contributed by atoms with van der Waals surface area (Å²) in [5.74, 6) is 2.30. The number of hydrogen-bond donors (Lipinski definition) is 4. The fraction of sp³-hybridized carbons (Fsp3) is 0.488. The van der Waals surface area contributed by atoms with Crippen LogP contribution in [-0.4, -0.2) is 26.5 Å². The van der Waals surface area contributed by atoms with E-state index in [9.17, 15) is 20.4 Å². The first-order chi connectivity index (χ1) is 22.3. The zero-order valence-electron chi connectivity index (χ0n) is 29.2. The molecule has 3 aromatic rings. The molecular weight excluding hydrogens is 580 g/mol. The third kappa shape index (κ3) is 5.92. The van der Waals surface area contributed by atoms with Crippen molar-refractivity contribution in [3.05, 3.63) is 112 Å². The van der Waals surface area contributed by atoms with E-state index in [1.54, 1.807) is 0 Å². The van der Waals surface area contributed by atoms with E-state index in [0.29, 0.717) is 29.1 Å². The molecule has 0 spiro atoms. The molecule has 2 saturated carbocycles. The molecule has 0 amide bonds. The first-order valence-electron chi connectivity index (χ1n) is 17.8. The van der Waals surface area contributed by atoms with Gasteiger partial charge in [0.25, 0.3) is 0 Å². The summed E-state index contributed by atoms with van der Waals surface area (Å²) < 4.78 is 0. The van der Waals surface area contributed by atoms with Crippen molar-refractivity contribution in [3.63, 3.8) is 0 Å². The summed E-state index contributed by atoms with van der Waals surface area (Å²) in [6.45, 7) is 13.1. The number of aliphatic hydroxyl groups excluding tert-OH is 1. The predicted molar refractivity (Wildman–Crippen MR) is 191 cm³/mol. The van der Waals surface area contributed by atoms with Crippen LogP contribution in [0.2, 0.25) is 0 Å². The topological polar surface area (TPSA) is 80.9 Å². The minimum atomic E-state index is -0.443. The minimum Gasteiger partial charge on any atom is -0.508 e. The molecule has 0 aromatic heterocycles. The molecule has 0 aliphatic heterocycles. The quantitative estimate of drug-likeness (QED) is 0.218. The molecule has 4 heteroatoms. The summed E-state index contributed by atoms with van der Waals surface area (Å²) in [7, 11) is 0. The van der Waals surface area contributed by atoms with Gasteiger partial charge in [0.15, 0.2) is 0 Å². The maximum Gasteiger partial charge on any atom is 0.118 e. The van der Waals surface area contributed by atoms with Crippen LogP contribution in [0.25, 0.3) is 0 Å². The summed E-state index contributed by atoms with van der Waals surface area (Å²) in [5, 5.41) is 41.5. The van der Waals surface area contributed by atoms with Gasteiger partial charge in [0.05, 0.1) is 6.10 Å². The summed E-state index contributed by atoms with van der Waals surface area (Å²) in [6, 6.07) is 18.4. The summed E-state index contributed by atoms with van der Waals surface area (Å²) in [5.41, 5.74) is 7.74. The molecule has 250 valence electrons. The Labute approximate surface area is 281 Å². The van der Waals surface area contributed by atoms with Crippen LogP contribution in [-0.2, 0) is 10.8 Å². The van der Waals surface area contributed by atoms with E-state index in [4.69, 9.17) is 0 Å². The Morgan fingerprint density at radius 1 is 0.617 bits per heavy atom. The van der Waals surface area contributed by atoms with E-state index in [1.165, 1.54) is 22.3 Å². The van der Waals surface area contributed by atoms with E-state index in [2.05, 4.69) is 69.3 Å². The van der Waals surface area contributed by atoms with Gasteiger partial charge in [-0.15, -0.1) is 0 Å².